The molecule has 0 N–H and O–H groups in total. The number of hydrogen-bond donors (Lipinski definition) is 0. The Labute approximate surface area is 78.3 Å². The summed E-state index contributed by atoms with van der Waals surface area (Å²) in [6.45, 7) is 0. The van der Waals surface area contributed by atoms with Crippen LogP contribution in [0.15, 0.2) is 39.5 Å². The third kappa shape index (κ3) is 2.85. The molecule has 0 saturated heterocycles. The van der Waals surface area contributed by atoms with Crippen molar-refractivity contribution in [2.24, 2.45) is 0 Å². The maximum absolute atomic E-state index is 5.43. The summed E-state index contributed by atoms with van der Waals surface area (Å²) in [5.41, 5.74) is 1.65. The number of rotatable bonds is 2. The van der Waals surface area contributed by atoms with E-state index in [2.05, 4.69) is 27.9 Å². The summed E-state index contributed by atoms with van der Waals surface area (Å²) in [6, 6.07) is 10.6. The molecule has 1 aromatic rings. The van der Waals surface area contributed by atoms with Crippen LogP contribution in [0.25, 0.3) is 0 Å². The van der Waals surface area contributed by atoms with E-state index in [1.807, 2.05) is 6.07 Å². The van der Waals surface area contributed by atoms with Gasteiger partial charge in [0, 0.05) is 0 Å². The molecule has 0 spiro atoms. The van der Waals surface area contributed by atoms with E-state index < -0.39 is 24.6 Å². The maximum atomic E-state index is 5.43. The molecule has 0 radical (unpaired) electrons. The first-order chi connectivity index (χ1) is 4.93. The van der Waals surface area contributed by atoms with E-state index in [0.29, 0.717) is 0 Å². The Hall–Kier alpha value is 0.185. The predicted octanol–water partition coefficient (Wildman–Crippen LogP) is 2.10. The van der Waals surface area contributed by atoms with Gasteiger partial charge in [0.1, 0.15) is 0 Å². The van der Waals surface area contributed by atoms with Gasteiger partial charge in [0.25, 0.3) is 0 Å². The fourth-order valence-corrected chi connectivity index (χ4v) is 5.10. The molecule has 10 heavy (non-hydrogen) atoms. The molecule has 0 unspecified atom stereocenters. The van der Waals surface area contributed by atoms with Crippen LogP contribution in [0, 0.1) is 0 Å². The van der Waals surface area contributed by atoms with Gasteiger partial charge in [-0.15, -0.1) is 0 Å². The number of hydrogen-bond acceptors (Lipinski definition) is 0. The van der Waals surface area contributed by atoms with Crippen LogP contribution in [0.2, 0.25) is 0 Å². The van der Waals surface area contributed by atoms with Crippen molar-refractivity contribution in [3.63, 3.8) is 0 Å². The average molecular weight is 339 g/mol. The molecule has 0 heterocycles. The van der Waals surface area contributed by atoms with Gasteiger partial charge in [-0.2, -0.15) is 0 Å². The molecular weight excluding hydrogens is 332 g/mol. The zero-order valence-corrected chi connectivity index (χ0v) is 11.9. The van der Waals surface area contributed by atoms with Crippen LogP contribution >= 0.6 is 11.6 Å². The molecule has 2 heteroatoms. The summed E-state index contributed by atoms with van der Waals surface area (Å²) in [4.78, 5) is 0. The van der Waals surface area contributed by atoms with Gasteiger partial charge in [0.15, 0.2) is 0 Å². The van der Waals surface area contributed by atoms with Gasteiger partial charge in [0.05, 0.1) is 0 Å². The molecule has 0 aliphatic carbocycles. The van der Waals surface area contributed by atoms with Gasteiger partial charge in [-0.3, -0.25) is 0 Å². The summed E-state index contributed by atoms with van der Waals surface area (Å²) < 4.78 is 3.66. The molecular formula is C8H7ClHg. The number of halogens is 1. The van der Waals surface area contributed by atoms with E-state index in [4.69, 9.17) is 11.6 Å². The van der Waals surface area contributed by atoms with Crippen molar-refractivity contribution in [2.45, 2.75) is 0 Å². The van der Waals surface area contributed by atoms with Gasteiger partial charge < -0.3 is 0 Å². The van der Waals surface area contributed by atoms with Gasteiger partial charge in [-0.1, -0.05) is 0 Å². The Morgan fingerprint density at radius 2 is 1.90 bits per heavy atom. The fourth-order valence-electron chi connectivity index (χ4n) is 0.795. The molecule has 1 aromatic carbocycles. The molecule has 1 rings (SSSR count). The standard InChI is InChI=1S/C6H5.C2H2Cl.Hg/c1-2-4-6-5-3-1;1-2-3;/h1-5H;1-2H;. The summed E-state index contributed by atoms with van der Waals surface area (Å²) in [7, 11) is 0. The van der Waals surface area contributed by atoms with Crippen molar-refractivity contribution in [2.75, 3.05) is 0 Å². The second kappa shape index (κ2) is 4.92. The van der Waals surface area contributed by atoms with Crippen molar-refractivity contribution in [1.29, 1.82) is 0 Å². The average Bonchev–Trinajstić information content (AvgIpc) is 2.03. The third-order valence-corrected chi connectivity index (χ3v) is 8.12. The van der Waals surface area contributed by atoms with Crippen LogP contribution in [0.3, 0.4) is 0 Å². The Morgan fingerprint density at radius 3 is 2.50 bits per heavy atom. The molecule has 0 aromatic heterocycles. The SMILES string of the molecule is Cl/C=[CH]\[Hg][c]1ccccc1. The minimum atomic E-state index is -0.911. The van der Waals surface area contributed by atoms with Gasteiger partial charge >= 0.3 is 78.7 Å². The van der Waals surface area contributed by atoms with Crippen LogP contribution in [0.4, 0.5) is 0 Å². The first kappa shape index (κ1) is 8.28. The van der Waals surface area contributed by atoms with Crippen LogP contribution < -0.4 is 3.07 Å². The zero-order valence-electron chi connectivity index (χ0n) is 5.63. The van der Waals surface area contributed by atoms with Crippen molar-refractivity contribution in [3.8, 4) is 0 Å². The monoisotopic (exact) mass is 340 g/mol. The topological polar surface area (TPSA) is 0 Å². The summed E-state index contributed by atoms with van der Waals surface area (Å²) in [5, 5.41) is 0. The quantitative estimate of drug-likeness (QED) is 0.724. The molecule has 0 nitrogen and oxygen atoms in total. The van der Waals surface area contributed by atoms with Crippen LogP contribution in [-0.4, -0.2) is 0 Å². The molecule has 0 amide bonds. The first-order valence-corrected chi connectivity index (χ1v) is 9.58. The van der Waals surface area contributed by atoms with Crippen molar-refractivity contribution in [3.05, 3.63) is 39.5 Å². The molecule has 0 aliphatic rings. The first-order valence-electron chi connectivity index (χ1n) is 3.22. The predicted molar refractivity (Wildman–Crippen MR) is 41.1 cm³/mol. The Kier molecular flexibility index (Phi) is 4.07. The second-order valence-electron chi connectivity index (χ2n) is 2.05. The minimum absolute atomic E-state index is 0.911. The van der Waals surface area contributed by atoms with Crippen LogP contribution in [-0.2, 0) is 24.6 Å². The zero-order chi connectivity index (χ0) is 7.23. The van der Waals surface area contributed by atoms with E-state index in [1.165, 1.54) is 3.07 Å². The van der Waals surface area contributed by atoms with E-state index >= 15 is 0 Å². The van der Waals surface area contributed by atoms with E-state index in [1.54, 1.807) is 5.54 Å². The Bertz CT molecular complexity index is 206. The van der Waals surface area contributed by atoms with Gasteiger partial charge in [0.2, 0.25) is 0 Å². The fraction of sp³-hybridized carbons (Fsp3) is 0. The molecule has 0 atom stereocenters. The third-order valence-electron chi connectivity index (χ3n) is 1.29. The Balaban J connectivity index is 2.59. The second-order valence-corrected chi connectivity index (χ2v) is 8.90. The van der Waals surface area contributed by atoms with Crippen LogP contribution in [0.1, 0.15) is 0 Å². The van der Waals surface area contributed by atoms with E-state index in [-0.39, 0.29) is 0 Å². The van der Waals surface area contributed by atoms with Crippen LogP contribution in [0.5, 0.6) is 0 Å². The van der Waals surface area contributed by atoms with E-state index in [0.717, 1.165) is 0 Å². The normalized spacial score (nSPS) is 9.70. The summed E-state index contributed by atoms with van der Waals surface area (Å²) >= 11 is 4.52. The summed E-state index contributed by atoms with van der Waals surface area (Å²) in [5.74, 6) is 0. The van der Waals surface area contributed by atoms with Gasteiger partial charge in [-0.05, 0) is 0 Å². The van der Waals surface area contributed by atoms with Crippen molar-refractivity contribution < 1.29 is 24.6 Å². The molecule has 0 bridgehead atoms. The van der Waals surface area contributed by atoms with Crippen molar-refractivity contribution in [1.82, 2.24) is 0 Å². The molecule has 0 fully saturated rings. The Morgan fingerprint density at radius 1 is 1.20 bits per heavy atom. The van der Waals surface area contributed by atoms with Crippen molar-refractivity contribution >= 4 is 14.7 Å². The summed E-state index contributed by atoms with van der Waals surface area (Å²) in [6.07, 6.45) is 0. The molecule has 0 saturated carbocycles. The molecule has 0 aliphatic heterocycles. The molecule has 48 valence electrons. The number of benzene rings is 1. The van der Waals surface area contributed by atoms with E-state index in [9.17, 15) is 0 Å². The van der Waals surface area contributed by atoms with Gasteiger partial charge in [-0.25, -0.2) is 0 Å².